The standard InChI is InChI=1S/C17H15N5OS/c1-10-5-4-6-11(9-10)21-15(23)14-12-7-2-3-8-13(12)24-16(14)22-17(21)18-19-20-22/h4-6,9H,2-3,7-8H2,1H3. The van der Waals surface area contributed by atoms with Crippen LogP contribution >= 0.6 is 11.3 Å². The largest absolute Gasteiger partial charge is 0.268 e. The van der Waals surface area contributed by atoms with Gasteiger partial charge in [0.15, 0.2) is 0 Å². The van der Waals surface area contributed by atoms with E-state index in [4.69, 9.17) is 0 Å². The molecule has 1 aliphatic rings. The SMILES string of the molecule is Cc1cccc(-n2c(=O)c3c4c(sc3n3nnnc23)CCCC4)c1. The molecule has 3 aromatic heterocycles. The molecule has 1 aromatic carbocycles. The quantitative estimate of drug-likeness (QED) is 0.536. The molecule has 4 aromatic rings. The van der Waals surface area contributed by atoms with Gasteiger partial charge in [-0.15, -0.1) is 11.3 Å². The molecular formula is C17H15N5OS. The van der Waals surface area contributed by atoms with Gasteiger partial charge in [0.25, 0.3) is 11.3 Å². The molecule has 0 N–H and O–H groups in total. The fourth-order valence-electron chi connectivity index (χ4n) is 3.58. The smallest absolute Gasteiger partial charge is 0.268 e. The lowest BCUT2D eigenvalue weighted by Crippen LogP contribution is -2.22. The molecule has 120 valence electrons. The van der Waals surface area contributed by atoms with Gasteiger partial charge in [-0.3, -0.25) is 4.79 Å². The predicted octanol–water partition coefficient (Wildman–Crippen LogP) is 2.68. The van der Waals surface area contributed by atoms with Gasteiger partial charge in [0.05, 0.1) is 11.1 Å². The summed E-state index contributed by atoms with van der Waals surface area (Å²) < 4.78 is 3.35. The molecule has 0 radical (unpaired) electrons. The van der Waals surface area contributed by atoms with Gasteiger partial charge in [-0.25, -0.2) is 4.57 Å². The zero-order valence-corrected chi connectivity index (χ0v) is 14.0. The van der Waals surface area contributed by atoms with E-state index >= 15 is 0 Å². The third kappa shape index (κ3) is 1.81. The van der Waals surface area contributed by atoms with Gasteiger partial charge < -0.3 is 0 Å². The monoisotopic (exact) mass is 337 g/mol. The van der Waals surface area contributed by atoms with E-state index in [1.165, 1.54) is 16.9 Å². The number of benzene rings is 1. The van der Waals surface area contributed by atoms with E-state index in [2.05, 4.69) is 15.5 Å². The van der Waals surface area contributed by atoms with E-state index in [0.717, 1.165) is 40.7 Å². The van der Waals surface area contributed by atoms with Crippen LogP contribution in [0.1, 0.15) is 28.8 Å². The third-order valence-electron chi connectivity index (χ3n) is 4.67. The summed E-state index contributed by atoms with van der Waals surface area (Å²) in [5, 5.41) is 12.9. The van der Waals surface area contributed by atoms with Crippen molar-refractivity contribution in [2.75, 3.05) is 0 Å². The summed E-state index contributed by atoms with van der Waals surface area (Å²) in [5.74, 6) is 0.469. The zero-order valence-electron chi connectivity index (χ0n) is 13.2. The summed E-state index contributed by atoms with van der Waals surface area (Å²) in [4.78, 5) is 15.5. The van der Waals surface area contributed by atoms with Crippen LogP contribution in [0.3, 0.4) is 0 Å². The molecule has 0 atom stereocenters. The van der Waals surface area contributed by atoms with Crippen LogP contribution in [0, 0.1) is 6.92 Å². The number of aryl methyl sites for hydroxylation is 3. The van der Waals surface area contributed by atoms with Crippen molar-refractivity contribution < 1.29 is 0 Å². The minimum atomic E-state index is -0.0164. The summed E-state index contributed by atoms with van der Waals surface area (Å²) in [7, 11) is 0. The number of rotatable bonds is 1. The van der Waals surface area contributed by atoms with Crippen molar-refractivity contribution in [2.24, 2.45) is 0 Å². The third-order valence-corrected chi connectivity index (χ3v) is 5.94. The van der Waals surface area contributed by atoms with E-state index in [-0.39, 0.29) is 5.56 Å². The van der Waals surface area contributed by atoms with Crippen molar-refractivity contribution in [3.63, 3.8) is 0 Å². The lowest BCUT2D eigenvalue weighted by Gasteiger charge is -2.11. The highest BCUT2D eigenvalue weighted by molar-refractivity contribution is 7.18. The van der Waals surface area contributed by atoms with Crippen molar-refractivity contribution in [1.82, 2.24) is 24.6 Å². The van der Waals surface area contributed by atoms with Crippen molar-refractivity contribution in [1.29, 1.82) is 0 Å². The Bertz CT molecular complexity index is 1150. The highest BCUT2D eigenvalue weighted by Crippen LogP contribution is 2.34. The van der Waals surface area contributed by atoms with Crippen LogP contribution in [-0.2, 0) is 12.8 Å². The van der Waals surface area contributed by atoms with E-state index in [0.29, 0.717) is 5.78 Å². The molecule has 0 bridgehead atoms. The topological polar surface area (TPSA) is 65.1 Å². The summed E-state index contributed by atoms with van der Waals surface area (Å²) >= 11 is 1.66. The Kier molecular flexibility index (Phi) is 2.87. The molecule has 7 heteroatoms. The number of nitrogens with zero attached hydrogens (tertiary/aromatic N) is 5. The average molecular weight is 337 g/mol. The maximum Gasteiger partial charge on any atom is 0.268 e. The molecule has 0 unspecified atom stereocenters. The molecule has 0 fully saturated rings. The second kappa shape index (κ2) is 4.98. The average Bonchev–Trinajstić information content (AvgIpc) is 3.19. The van der Waals surface area contributed by atoms with Crippen molar-refractivity contribution in [3.8, 4) is 5.69 Å². The van der Waals surface area contributed by atoms with Crippen molar-refractivity contribution in [3.05, 3.63) is 50.6 Å². The van der Waals surface area contributed by atoms with Gasteiger partial charge in [-0.1, -0.05) is 17.2 Å². The second-order valence-corrected chi connectivity index (χ2v) is 7.34. The van der Waals surface area contributed by atoms with Crippen molar-refractivity contribution >= 4 is 27.3 Å². The Balaban J connectivity index is 1.97. The lowest BCUT2D eigenvalue weighted by molar-refractivity contribution is 0.699. The molecule has 0 saturated heterocycles. The first-order valence-electron chi connectivity index (χ1n) is 8.08. The molecular weight excluding hydrogens is 322 g/mol. The molecule has 24 heavy (non-hydrogen) atoms. The van der Waals surface area contributed by atoms with Crippen LogP contribution in [0.2, 0.25) is 0 Å². The molecule has 6 nitrogen and oxygen atoms in total. The second-order valence-electron chi connectivity index (χ2n) is 6.26. The Morgan fingerprint density at radius 3 is 2.96 bits per heavy atom. The van der Waals surface area contributed by atoms with Crippen LogP contribution in [0.5, 0.6) is 0 Å². The lowest BCUT2D eigenvalue weighted by atomic mass is 9.97. The highest BCUT2D eigenvalue weighted by Gasteiger charge is 2.24. The van der Waals surface area contributed by atoms with Crippen LogP contribution in [0.15, 0.2) is 29.1 Å². The number of thiophene rings is 1. The summed E-state index contributed by atoms with van der Waals surface area (Å²) in [6, 6.07) is 7.87. The maximum atomic E-state index is 13.3. The molecule has 3 heterocycles. The van der Waals surface area contributed by atoms with E-state index < -0.39 is 0 Å². The summed E-state index contributed by atoms with van der Waals surface area (Å²) in [5.41, 5.74) is 3.08. The molecule has 1 aliphatic carbocycles. The summed E-state index contributed by atoms with van der Waals surface area (Å²) in [6.07, 6.45) is 4.33. The molecule has 0 aliphatic heterocycles. The maximum absolute atomic E-state index is 13.3. The first-order chi connectivity index (χ1) is 11.7. The molecule has 0 amide bonds. The molecule has 5 rings (SSSR count). The van der Waals surface area contributed by atoms with E-state index in [1.807, 2.05) is 31.2 Å². The number of tetrazole rings is 1. The Morgan fingerprint density at radius 1 is 1.21 bits per heavy atom. The zero-order chi connectivity index (χ0) is 16.3. The van der Waals surface area contributed by atoms with Crippen LogP contribution in [0.25, 0.3) is 21.7 Å². The van der Waals surface area contributed by atoms with Crippen LogP contribution in [0.4, 0.5) is 0 Å². The Hall–Kier alpha value is -2.54. The van der Waals surface area contributed by atoms with Crippen LogP contribution < -0.4 is 5.56 Å². The van der Waals surface area contributed by atoms with E-state index in [9.17, 15) is 4.79 Å². The van der Waals surface area contributed by atoms with Gasteiger partial charge in [0.1, 0.15) is 4.83 Å². The van der Waals surface area contributed by atoms with Gasteiger partial charge in [0, 0.05) is 4.88 Å². The number of hydrogen-bond donors (Lipinski definition) is 0. The Morgan fingerprint density at radius 2 is 2.08 bits per heavy atom. The first kappa shape index (κ1) is 13.9. The fourth-order valence-corrected chi connectivity index (χ4v) is 4.90. The predicted molar refractivity (Wildman–Crippen MR) is 93.1 cm³/mol. The fraction of sp³-hybridized carbons (Fsp3) is 0.294. The Labute approximate surface area is 141 Å². The molecule has 0 saturated carbocycles. The van der Waals surface area contributed by atoms with Gasteiger partial charge in [0.2, 0.25) is 0 Å². The molecule has 0 spiro atoms. The van der Waals surface area contributed by atoms with E-state index in [1.54, 1.807) is 20.4 Å². The van der Waals surface area contributed by atoms with Gasteiger partial charge >= 0.3 is 0 Å². The summed E-state index contributed by atoms with van der Waals surface area (Å²) in [6.45, 7) is 2.01. The number of aromatic nitrogens is 5. The van der Waals surface area contributed by atoms with Crippen LogP contribution in [-0.4, -0.2) is 24.6 Å². The minimum Gasteiger partial charge on any atom is -0.268 e. The van der Waals surface area contributed by atoms with Gasteiger partial charge in [-0.05, 0) is 66.3 Å². The minimum absolute atomic E-state index is 0.0164. The van der Waals surface area contributed by atoms with Crippen molar-refractivity contribution in [2.45, 2.75) is 32.6 Å². The number of hydrogen-bond acceptors (Lipinski definition) is 5. The van der Waals surface area contributed by atoms with Gasteiger partial charge in [-0.2, -0.15) is 4.52 Å². The number of fused-ring (bicyclic) bond motifs is 5. The highest BCUT2D eigenvalue weighted by atomic mass is 32.1. The normalized spacial score (nSPS) is 14.4. The first-order valence-corrected chi connectivity index (χ1v) is 8.90.